The summed E-state index contributed by atoms with van der Waals surface area (Å²) in [4.78, 5) is 22.6. The highest BCUT2D eigenvalue weighted by Crippen LogP contribution is 2.36. The van der Waals surface area contributed by atoms with E-state index in [-0.39, 0.29) is 6.61 Å². The molecule has 3 rings (SSSR count). The number of rotatable bonds is 3. The predicted octanol–water partition coefficient (Wildman–Crippen LogP) is 2.72. The molecule has 22 heavy (non-hydrogen) atoms. The molecule has 0 atom stereocenters. The molecule has 110 valence electrons. The lowest BCUT2D eigenvalue weighted by Gasteiger charge is -2.08. The third-order valence-corrected chi connectivity index (χ3v) is 3.52. The zero-order valence-corrected chi connectivity index (χ0v) is 11.6. The zero-order chi connectivity index (χ0) is 15.7. The van der Waals surface area contributed by atoms with Gasteiger partial charge in [0.1, 0.15) is 12.3 Å². The number of hydrogen-bond donors (Lipinski definition) is 2. The maximum atomic E-state index is 12.1. The molecule has 0 unspecified atom stereocenters. The molecule has 0 fully saturated rings. The number of hydrogen-bond acceptors (Lipinski definition) is 6. The molecule has 1 heterocycles. The Hall–Kier alpha value is -3.15. The molecule has 1 aliphatic heterocycles. The van der Waals surface area contributed by atoms with E-state index in [1.54, 1.807) is 42.5 Å². The highest BCUT2D eigenvalue weighted by molar-refractivity contribution is 6.28. The number of benzene rings is 2. The van der Waals surface area contributed by atoms with Crippen molar-refractivity contribution in [1.82, 2.24) is 0 Å². The van der Waals surface area contributed by atoms with Gasteiger partial charge in [-0.15, -0.1) is 4.91 Å². The van der Waals surface area contributed by atoms with Crippen molar-refractivity contribution >= 4 is 34.2 Å². The van der Waals surface area contributed by atoms with Crippen LogP contribution in [0.4, 0.5) is 17.1 Å². The molecule has 1 aliphatic rings. The first kappa shape index (κ1) is 13.8. The Morgan fingerprint density at radius 3 is 2.41 bits per heavy atom. The summed E-state index contributed by atoms with van der Waals surface area (Å²) in [5.74, 6) is -0.427. The largest absolute Gasteiger partial charge is 0.457 e. The summed E-state index contributed by atoms with van der Waals surface area (Å²) in [5.41, 5.74) is 15.4. The first-order valence-electron chi connectivity index (χ1n) is 6.59. The lowest BCUT2D eigenvalue weighted by Crippen LogP contribution is -2.02. The third-order valence-electron chi connectivity index (χ3n) is 3.52. The van der Waals surface area contributed by atoms with E-state index in [2.05, 4.69) is 5.18 Å². The molecule has 0 bridgehead atoms. The molecule has 0 saturated heterocycles. The topological polar surface area (TPSA) is 108 Å². The van der Waals surface area contributed by atoms with Crippen LogP contribution in [0.3, 0.4) is 0 Å². The minimum atomic E-state index is -0.427. The number of cyclic esters (lactones) is 1. The van der Waals surface area contributed by atoms with Gasteiger partial charge in [-0.1, -0.05) is 12.1 Å². The van der Waals surface area contributed by atoms with Crippen molar-refractivity contribution in [2.45, 2.75) is 0 Å². The molecule has 0 spiro atoms. The van der Waals surface area contributed by atoms with Gasteiger partial charge in [0.25, 0.3) is 0 Å². The maximum absolute atomic E-state index is 12.1. The summed E-state index contributed by atoms with van der Waals surface area (Å²) in [5, 5.41) is 2.86. The van der Waals surface area contributed by atoms with E-state index >= 15 is 0 Å². The van der Waals surface area contributed by atoms with Gasteiger partial charge in [0.05, 0.1) is 5.57 Å². The summed E-state index contributed by atoms with van der Waals surface area (Å²) in [6, 6.07) is 11.6. The van der Waals surface area contributed by atoms with E-state index in [0.29, 0.717) is 28.2 Å². The van der Waals surface area contributed by atoms with Crippen molar-refractivity contribution < 1.29 is 9.53 Å². The first-order valence-corrected chi connectivity index (χ1v) is 6.59. The number of anilines is 2. The van der Waals surface area contributed by atoms with Crippen molar-refractivity contribution in [3.05, 3.63) is 58.5 Å². The molecule has 0 radical (unpaired) electrons. The number of carbonyl (C=O) groups is 1. The quantitative estimate of drug-likeness (QED) is 0.514. The van der Waals surface area contributed by atoms with Gasteiger partial charge in [0, 0.05) is 22.5 Å². The molecular weight excluding hydrogens is 282 g/mol. The van der Waals surface area contributed by atoms with Crippen molar-refractivity contribution in [2.24, 2.45) is 5.18 Å². The molecule has 0 amide bonds. The first-order chi connectivity index (χ1) is 10.6. The van der Waals surface area contributed by atoms with E-state index in [4.69, 9.17) is 16.2 Å². The van der Waals surface area contributed by atoms with Crippen LogP contribution in [0.15, 0.2) is 47.6 Å². The van der Waals surface area contributed by atoms with Gasteiger partial charge in [-0.3, -0.25) is 0 Å². The highest BCUT2D eigenvalue weighted by Gasteiger charge is 2.28. The summed E-state index contributed by atoms with van der Waals surface area (Å²) < 4.78 is 5.14. The highest BCUT2D eigenvalue weighted by atomic mass is 16.5. The summed E-state index contributed by atoms with van der Waals surface area (Å²) >= 11 is 0. The predicted molar refractivity (Wildman–Crippen MR) is 84.9 cm³/mol. The minimum absolute atomic E-state index is 0.159. The van der Waals surface area contributed by atoms with Crippen molar-refractivity contribution in [3.63, 3.8) is 0 Å². The summed E-state index contributed by atoms with van der Waals surface area (Å²) in [6.45, 7) is 0.159. The Labute approximate surface area is 126 Å². The van der Waals surface area contributed by atoms with Gasteiger partial charge in [-0.05, 0) is 41.1 Å². The van der Waals surface area contributed by atoms with Crippen molar-refractivity contribution in [2.75, 3.05) is 18.1 Å². The fraction of sp³-hybridized carbons (Fsp3) is 0.0625. The van der Waals surface area contributed by atoms with E-state index < -0.39 is 5.97 Å². The fourth-order valence-electron chi connectivity index (χ4n) is 2.44. The van der Waals surface area contributed by atoms with E-state index in [9.17, 15) is 9.70 Å². The number of esters is 1. The lowest BCUT2D eigenvalue weighted by molar-refractivity contribution is -0.133. The minimum Gasteiger partial charge on any atom is -0.457 e. The number of nitroso groups, excluding NO2 is 1. The SMILES string of the molecule is Nc1ccc(C2=C(c3ccc(N=O)cc3)COC2=O)c(N)c1. The number of ether oxygens (including phenoxy) is 1. The average molecular weight is 295 g/mol. The van der Waals surface area contributed by atoms with Crippen LogP contribution >= 0.6 is 0 Å². The third kappa shape index (κ3) is 2.31. The fourth-order valence-corrected chi connectivity index (χ4v) is 2.44. The molecule has 2 aromatic rings. The molecule has 2 aromatic carbocycles. The van der Waals surface area contributed by atoms with Gasteiger partial charge < -0.3 is 16.2 Å². The molecule has 0 aliphatic carbocycles. The molecule has 0 aromatic heterocycles. The van der Waals surface area contributed by atoms with Crippen LogP contribution in [0, 0.1) is 4.91 Å². The van der Waals surface area contributed by atoms with E-state index in [0.717, 1.165) is 11.1 Å². The summed E-state index contributed by atoms with van der Waals surface area (Å²) in [7, 11) is 0. The van der Waals surface area contributed by atoms with E-state index in [1.165, 1.54) is 0 Å². The molecule has 6 nitrogen and oxygen atoms in total. The Kier molecular flexibility index (Phi) is 3.34. The number of nitrogen functional groups attached to an aromatic ring is 2. The average Bonchev–Trinajstić information content (AvgIpc) is 2.89. The zero-order valence-electron chi connectivity index (χ0n) is 11.6. The maximum Gasteiger partial charge on any atom is 0.339 e. The second-order valence-electron chi connectivity index (χ2n) is 4.91. The van der Waals surface area contributed by atoms with Crippen LogP contribution in [0.5, 0.6) is 0 Å². The second-order valence-corrected chi connectivity index (χ2v) is 4.91. The van der Waals surface area contributed by atoms with Crippen LogP contribution in [0.1, 0.15) is 11.1 Å². The van der Waals surface area contributed by atoms with Gasteiger partial charge in [0.2, 0.25) is 0 Å². The Morgan fingerprint density at radius 2 is 1.77 bits per heavy atom. The number of nitrogens with two attached hydrogens (primary N) is 2. The monoisotopic (exact) mass is 295 g/mol. The number of carbonyl (C=O) groups excluding carboxylic acids is 1. The van der Waals surface area contributed by atoms with Crippen LogP contribution in [-0.4, -0.2) is 12.6 Å². The van der Waals surface area contributed by atoms with Crippen molar-refractivity contribution in [1.29, 1.82) is 0 Å². The number of nitrogens with zero attached hydrogens (tertiary/aromatic N) is 1. The van der Waals surface area contributed by atoms with Crippen molar-refractivity contribution in [3.8, 4) is 0 Å². The van der Waals surface area contributed by atoms with Crippen LogP contribution < -0.4 is 11.5 Å². The van der Waals surface area contributed by atoms with Gasteiger partial charge >= 0.3 is 5.97 Å². The summed E-state index contributed by atoms with van der Waals surface area (Å²) in [6.07, 6.45) is 0. The van der Waals surface area contributed by atoms with Crippen LogP contribution in [0.2, 0.25) is 0 Å². The normalized spacial score (nSPS) is 14.1. The van der Waals surface area contributed by atoms with E-state index in [1.807, 2.05) is 0 Å². The van der Waals surface area contributed by atoms with Gasteiger partial charge in [-0.2, -0.15) is 0 Å². The Bertz CT molecular complexity index is 795. The Morgan fingerprint density at radius 1 is 1.05 bits per heavy atom. The smallest absolute Gasteiger partial charge is 0.339 e. The van der Waals surface area contributed by atoms with Gasteiger partial charge in [0.15, 0.2) is 0 Å². The molecule has 4 N–H and O–H groups in total. The standard InChI is InChI=1S/C16H13N3O3/c17-10-3-6-12(14(18)7-10)15-13(8-22-16(15)20)9-1-4-11(19-21)5-2-9/h1-7H,8,17-18H2. The van der Waals surface area contributed by atoms with Crippen LogP contribution in [-0.2, 0) is 9.53 Å². The lowest BCUT2D eigenvalue weighted by atomic mass is 9.95. The molecule has 0 saturated carbocycles. The van der Waals surface area contributed by atoms with Crippen LogP contribution in [0.25, 0.3) is 11.1 Å². The second kappa shape index (κ2) is 5.33. The molecular formula is C16H13N3O3. The molecule has 6 heteroatoms. The van der Waals surface area contributed by atoms with Gasteiger partial charge in [-0.25, -0.2) is 4.79 Å². The Balaban J connectivity index is 2.14.